The first-order chi connectivity index (χ1) is 16.1. The number of benzene rings is 3. The maximum Gasteiger partial charge on any atom is 0.338 e. The number of carbonyl (C=O) groups excluding carboxylic acids is 2. The molecule has 3 aromatic carbocycles. The third-order valence-corrected chi connectivity index (χ3v) is 5.22. The molecule has 1 heterocycles. The van der Waals surface area contributed by atoms with Crippen LogP contribution in [-0.4, -0.2) is 34.6 Å². The fourth-order valence-corrected chi connectivity index (χ4v) is 3.69. The third-order valence-electron chi connectivity index (χ3n) is 5.22. The average Bonchev–Trinajstić information content (AvgIpc) is 3.18. The molecule has 0 fully saturated rings. The Labute approximate surface area is 191 Å². The molecule has 4 rings (SSSR count). The van der Waals surface area contributed by atoms with E-state index in [-0.39, 0.29) is 13.0 Å². The Morgan fingerprint density at radius 1 is 1.03 bits per heavy atom. The van der Waals surface area contributed by atoms with Crippen LogP contribution in [-0.2, 0) is 9.53 Å². The number of nitrogens with zero attached hydrogens (tertiary/aromatic N) is 4. The molecule has 0 radical (unpaired) electrons. The zero-order valence-electron chi connectivity index (χ0n) is 18.1. The van der Waals surface area contributed by atoms with E-state index in [2.05, 4.69) is 4.98 Å². The van der Waals surface area contributed by atoms with Crippen LogP contribution in [0.25, 0.3) is 16.7 Å². The molecule has 0 saturated carbocycles. The molecule has 0 saturated heterocycles. The fraction of sp³-hybridized carbons (Fsp3) is 0.154. The normalized spacial score (nSPS) is 10.5. The lowest BCUT2D eigenvalue weighted by Gasteiger charge is -2.21. The van der Waals surface area contributed by atoms with Crippen LogP contribution in [0.4, 0.5) is 5.69 Å². The first-order valence-corrected chi connectivity index (χ1v) is 10.5. The van der Waals surface area contributed by atoms with E-state index in [4.69, 9.17) is 10.00 Å². The molecule has 33 heavy (non-hydrogen) atoms. The van der Waals surface area contributed by atoms with Gasteiger partial charge in [0.25, 0.3) is 5.91 Å². The molecule has 0 N–H and O–H groups in total. The number of aryl methyl sites for hydroxylation is 1. The zero-order valence-corrected chi connectivity index (χ0v) is 18.1. The summed E-state index contributed by atoms with van der Waals surface area (Å²) in [6.07, 6.45) is 0.175. The lowest BCUT2D eigenvalue weighted by atomic mass is 10.2. The molecular weight excluding hydrogens is 416 g/mol. The smallest absolute Gasteiger partial charge is 0.338 e. The molecule has 0 aliphatic rings. The monoisotopic (exact) mass is 438 g/mol. The minimum absolute atomic E-state index is 0.175. The van der Waals surface area contributed by atoms with Gasteiger partial charge in [0.05, 0.1) is 29.1 Å². The highest BCUT2D eigenvalue weighted by Crippen LogP contribution is 2.23. The van der Waals surface area contributed by atoms with E-state index in [1.807, 2.05) is 60.0 Å². The van der Waals surface area contributed by atoms with E-state index < -0.39 is 18.5 Å². The van der Waals surface area contributed by atoms with Crippen molar-refractivity contribution in [3.63, 3.8) is 0 Å². The summed E-state index contributed by atoms with van der Waals surface area (Å²) in [5.74, 6) is -0.201. The Morgan fingerprint density at radius 3 is 2.42 bits per heavy atom. The van der Waals surface area contributed by atoms with Gasteiger partial charge < -0.3 is 9.64 Å². The lowest BCUT2D eigenvalue weighted by Crippen LogP contribution is -2.35. The molecule has 0 bridgehead atoms. The van der Waals surface area contributed by atoms with E-state index in [0.29, 0.717) is 16.8 Å². The van der Waals surface area contributed by atoms with Crippen molar-refractivity contribution in [2.45, 2.75) is 13.3 Å². The number of hydrogen-bond donors (Lipinski definition) is 0. The van der Waals surface area contributed by atoms with Gasteiger partial charge in [-0.1, -0.05) is 36.4 Å². The predicted molar refractivity (Wildman–Crippen MR) is 125 cm³/mol. The van der Waals surface area contributed by atoms with Crippen molar-refractivity contribution in [3.8, 4) is 11.8 Å². The molecule has 0 unspecified atom stereocenters. The molecule has 0 spiro atoms. The van der Waals surface area contributed by atoms with Crippen LogP contribution in [0.5, 0.6) is 0 Å². The van der Waals surface area contributed by atoms with E-state index in [9.17, 15) is 9.59 Å². The van der Waals surface area contributed by atoms with E-state index >= 15 is 0 Å². The maximum atomic E-state index is 12.7. The molecule has 7 nitrogen and oxygen atoms in total. The van der Waals surface area contributed by atoms with Gasteiger partial charge >= 0.3 is 5.97 Å². The quantitative estimate of drug-likeness (QED) is 0.398. The van der Waals surface area contributed by atoms with Gasteiger partial charge in [-0.3, -0.25) is 9.36 Å². The summed E-state index contributed by atoms with van der Waals surface area (Å²) in [5, 5.41) is 8.91. The van der Waals surface area contributed by atoms with Gasteiger partial charge in [0.2, 0.25) is 0 Å². The number of hydrogen-bond acceptors (Lipinski definition) is 5. The molecule has 0 atom stereocenters. The predicted octanol–water partition coefficient (Wildman–Crippen LogP) is 4.44. The molecule has 164 valence electrons. The number of fused-ring (bicyclic) bond motifs is 1. The number of imidazole rings is 1. The SMILES string of the molecule is Cc1nc2cc(C(=O)OCC(=O)N(CCC#N)c3ccccc3)ccc2n1-c1ccccc1. The van der Waals surface area contributed by atoms with Crippen molar-refractivity contribution in [1.82, 2.24) is 9.55 Å². The Bertz CT molecular complexity index is 1320. The molecule has 1 amide bonds. The number of ether oxygens (including phenoxy) is 1. The molecule has 7 heteroatoms. The van der Waals surface area contributed by atoms with Crippen molar-refractivity contribution in [1.29, 1.82) is 5.26 Å². The molecule has 1 aromatic heterocycles. The second-order valence-electron chi connectivity index (χ2n) is 7.40. The summed E-state index contributed by atoms with van der Waals surface area (Å²) in [4.78, 5) is 31.4. The van der Waals surface area contributed by atoms with Crippen molar-refractivity contribution in [3.05, 3.63) is 90.3 Å². The first-order valence-electron chi connectivity index (χ1n) is 10.5. The third kappa shape index (κ3) is 4.75. The topological polar surface area (TPSA) is 88.2 Å². The van der Waals surface area contributed by atoms with E-state index in [0.717, 1.165) is 17.0 Å². The Kier molecular flexibility index (Phi) is 6.46. The number of nitriles is 1. The maximum absolute atomic E-state index is 12.7. The summed E-state index contributed by atoms with van der Waals surface area (Å²) >= 11 is 0. The van der Waals surface area contributed by atoms with Gasteiger partial charge in [-0.15, -0.1) is 0 Å². The Hall–Kier alpha value is -4.44. The fourth-order valence-electron chi connectivity index (χ4n) is 3.69. The summed E-state index contributed by atoms with van der Waals surface area (Å²) in [6.45, 7) is 1.71. The number of aromatic nitrogens is 2. The van der Waals surface area contributed by atoms with Crippen LogP contribution < -0.4 is 4.90 Å². The Balaban J connectivity index is 1.49. The highest BCUT2D eigenvalue weighted by atomic mass is 16.5. The minimum atomic E-state index is -0.606. The summed E-state index contributed by atoms with van der Waals surface area (Å²) in [5.41, 5.74) is 3.49. The van der Waals surface area contributed by atoms with Crippen LogP contribution in [0.1, 0.15) is 22.6 Å². The number of amides is 1. The average molecular weight is 438 g/mol. The van der Waals surface area contributed by atoms with Gasteiger partial charge in [0.1, 0.15) is 5.82 Å². The number of anilines is 1. The van der Waals surface area contributed by atoms with Gasteiger partial charge in [-0.05, 0) is 49.4 Å². The van der Waals surface area contributed by atoms with Gasteiger partial charge in [0, 0.05) is 17.9 Å². The van der Waals surface area contributed by atoms with Crippen molar-refractivity contribution >= 4 is 28.6 Å². The van der Waals surface area contributed by atoms with E-state index in [1.165, 1.54) is 4.90 Å². The number of rotatable bonds is 7. The van der Waals surface area contributed by atoms with Crippen molar-refractivity contribution in [2.24, 2.45) is 0 Å². The number of para-hydroxylation sites is 2. The van der Waals surface area contributed by atoms with Gasteiger partial charge in [-0.25, -0.2) is 9.78 Å². The molecule has 0 aliphatic carbocycles. The van der Waals surface area contributed by atoms with Crippen molar-refractivity contribution in [2.75, 3.05) is 18.1 Å². The first kappa shape index (κ1) is 21.8. The summed E-state index contributed by atoms with van der Waals surface area (Å²) in [6, 6.07) is 26.0. The van der Waals surface area contributed by atoms with Crippen LogP contribution in [0, 0.1) is 18.3 Å². The number of esters is 1. The second kappa shape index (κ2) is 9.79. The molecular formula is C26H22N4O3. The molecule has 0 aliphatic heterocycles. The van der Waals surface area contributed by atoms with Crippen LogP contribution >= 0.6 is 0 Å². The standard InChI is InChI=1S/C26H22N4O3/c1-19-28-23-17-20(13-14-24(23)30(19)22-11-6-3-7-12-22)26(32)33-18-25(31)29(16-8-15-27)21-9-4-2-5-10-21/h2-7,9-14,17H,8,16,18H2,1H3. The highest BCUT2D eigenvalue weighted by Gasteiger charge is 2.19. The number of carbonyl (C=O) groups is 2. The lowest BCUT2D eigenvalue weighted by molar-refractivity contribution is -0.121. The molecule has 4 aromatic rings. The van der Waals surface area contributed by atoms with Gasteiger partial charge in [-0.2, -0.15) is 5.26 Å². The Morgan fingerprint density at radius 2 is 1.73 bits per heavy atom. The second-order valence-corrected chi connectivity index (χ2v) is 7.40. The van der Waals surface area contributed by atoms with Crippen LogP contribution in [0.15, 0.2) is 78.9 Å². The van der Waals surface area contributed by atoms with Crippen LogP contribution in [0.3, 0.4) is 0 Å². The minimum Gasteiger partial charge on any atom is -0.452 e. The van der Waals surface area contributed by atoms with E-state index in [1.54, 1.807) is 36.4 Å². The summed E-state index contributed by atoms with van der Waals surface area (Å²) in [7, 11) is 0. The summed E-state index contributed by atoms with van der Waals surface area (Å²) < 4.78 is 7.31. The highest BCUT2D eigenvalue weighted by molar-refractivity contribution is 5.98. The van der Waals surface area contributed by atoms with Crippen LogP contribution in [0.2, 0.25) is 0 Å². The zero-order chi connectivity index (χ0) is 23.2. The largest absolute Gasteiger partial charge is 0.452 e. The van der Waals surface area contributed by atoms with Gasteiger partial charge in [0.15, 0.2) is 6.61 Å². The van der Waals surface area contributed by atoms with Crippen molar-refractivity contribution < 1.29 is 14.3 Å².